The Labute approximate surface area is 91.3 Å². The van der Waals surface area contributed by atoms with Crippen LogP contribution in [0.25, 0.3) is 0 Å². The van der Waals surface area contributed by atoms with Gasteiger partial charge in [-0.3, -0.25) is 0 Å². The van der Waals surface area contributed by atoms with Crippen LogP contribution in [0.2, 0.25) is 0 Å². The number of nitrogens with two attached hydrogens (primary N) is 1. The highest BCUT2D eigenvalue weighted by molar-refractivity contribution is 5.39. The standard InChI is InChI=1S/C12H20N2O/c1-2-3-8-14-9-12(15)10-4-6-11(13)7-5-10/h4-7,12,14-15H,2-3,8-9,13H2,1H3. The van der Waals surface area contributed by atoms with Crippen LogP contribution in [0.1, 0.15) is 31.4 Å². The van der Waals surface area contributed by atoms with Gasteiger partial charge in [0.05, 0.1) is 6.10 Å². The molecule has 0 saturated heterocycles. The third-order valence-corrected chi connectivity index (χ3v) is 2.37. The Balaban J connectivity index is 2.33. The van der Waals surface area contributed by atoms with Crippen molar-refractivity contribution in [2.24, 2.45) is 0 Å². The molecule has 1 aromatic rings. The van der Waals surface area contributed by atoms with Gasteiger partial charge in [-0.15, -0.1) is 0 Å². The maximum Gasteiger partial charge on any atom is 0.0914 e. The second-order valence-electron chi connectivity index (χ2n) is 3.74. The molecule has 0 radical (unpaired) electrons. The summed E-state index contributed by atoms with van der Waals surface area (Å²) >= 11 is 0. The molecule has 84 valence electrons. The third-order valence-electron chi connectivity index (χ3n) is 2.37. The zero-order chi connectivity index (χ0) is 11.1. The van der Waals surface area contributed by atoms with Crippen molar-refractivity contribution in [2.45, 2.75) is 25.9 Å². The highest BCUT2D eigenvalue weighted by Gasteiger charge is 2.05. The van der Waals surface area contributed by atoms with Crippen LogP contribution < -0.4 is 11.1 Å². The lowest BCUT2D eigenvalue weighted by Crippen LogP contribution is -2.22. The van der Waals surface area contributed by atoms with Crippen molar-refractivity contribution in [2.75, 3.05) is 18.8 Å². The fourth-order valence-corrected chi connectivity index (χ4v) is 1.38. The number of rotatable bonds is 6. The number of aliphatic hydroxyl groups is 1. The molecule has 0 aliphatic rings. The summed E-state index contributed by atoms with van der Waals surface area (Å²) in [6, 6.07) is 7.35. The first kappa shape index (κ1) is 12.0. The number of unbranched alkanes of at least 4 members (excludes halogenated alkanes) is 1. The van der Waals surface area contributed by atoms with Gasteiger partial charge in [0.15, 0.2) is 0 Å². The lowest BCUT2D eigenvalue weighted by atomic mass is 10.1. The molecule has 0 aliphatic carbocycles. The number of anilines is 1. The first-order valence-electron chi connectivity index (χ1n) is 5.48. The van der Waals surface area contributed by atoms with Crippen molar-refractivity contribution in [3.63, 3.8) is 0 Å². The quantitative estimate of drug-likeness (QED) is 0.492. The van der Waals surface area contributed by atoms with E-state index in [9.17, 15) is 5.11 Å². The summed E-state index contributed by atoms with van der Waals surface area (Å²) in [6.45, 7) is 3.71. The van der Waals surface area contributed by atoms with Crippen LogP contribution in [0, 0.1) is 0 Å². The molecule has 0 bridgehead atoms. The highest BCUT2D eigenvalue weighted by Crippen LogP contribution is 2.13. The number of nitrogens with one attached hydrogen (secondary N) is 1. The van der Waals surface area contributed by atoms with Crippen LogP contribution in [0.5, 0.6) is 0 Å². The second-order valence-corrected chi connectivity index (χ2v) is 3.74. The molecule has 0 aromatic heterocycles. The van der Waals surface area contributed by atoms with Gasteiger partial charge in [0.25, 0.3) is 0 Å². The zero-order valence-corrected chi connectivity index (χ0v) is 9.24. The first-order valence-corrected chi connectivity index (χ1v) is 5.48. The van der Waals surface area contributed by atoms with Crippen molar-refractivity contribution >= 4 is 5.69 Å². The van der Waals surface area contributed by atoms with E-state index in [0.29, 0.717) is 6.54 Å². The van der Waals surface area contributed by atoms with Gasteiger partial charge in [0.1, 0.15) is 0 Å². The van der Waals surface area contributed by atoms with Crippen molar-refractivity contribution in [3.05, 3.63) is 29.8 Å². The Hall–Kier alpha value is -1.06. The Bertz CT molecular complexity index is 271. The Kier molecular flexibility index (Phi) is 5.15. The van der Waals surface area contributed by atoms with Gasteiger partial charge >= 0.3 is 0 Å². The van der Waals surface area contributed by atoms with Crippen molar-refractivity contribution in [1.29, 1.82) is 0 Å². The van der Waals surface area contributed by atoms with Crippen LogP contribution in [0.4, 0.5) is 5.69 Å². The topological polar surface area (TPSA) is 58.3 Å². The minimum Gasteiger partial charge on any atom is -0.399 e. The van der Waals surface area contributed by atoms with E-state index in [2.05, 4.69) is 12.2 Å². The largest absolute Gasteiger partial charge is 0.399 e. The van der Waals surface area contributed by atoms with Gasteiger partial charge < -0.3 is 16.2 Å². The molecule has 1 aromatic carbocycles. The van der Waals surface area contributed by atoms with Crippen LogP contribution >= 0.6 is 0 Å². The molecule has 15 heavy (non-hydrogen) atoms. The molecule has 1 rings (SSSR count). The Morgan fingerprint density at radius 3 is 2.60 bits per heavy atom. The number of aliphatic hydroxyl groups excluding tert-OH is 1. The summed E-state index contributed by atoms with van der Waals surface area (Å²) in [4.78, 5) is 0. The van der Waals surface area contributed by atoms with E-state index < -0.39 is 6.10 Å². The summed E-state index contributed by atoms with van der Waals surface area (Å²) in [6.07, 6.45) is 1.88. The van der Waals surface area contributed by atoms with Crippen LogP contribution in [0.15, 0.2) is 24.3 Å². The molecule has 0 fully saturated rings. The van der Waals surface area contributed by atoms with E-state index in [-0.39, 0.29) is 0 Å². The molecule has 0 amide bonds. The van der Waals surface area contributed by atoms with E-state index in [1.807, 2.05) is 24.3 Å². The molecule has 0 heterocycles. The van der Waals surface area contributed by atoms with Crippen LogP contribution in [0.3, 0.4) is 0 Å². The lowest BCUT2D eigenvalue weighted by molar-refractivity contribution is 0.175. The van der Waals surface area contributed by atoms with Crippen LogP contribution in [-0.4, -0.2) is 18.2 Å². The molecule has 0 spiro atoms. The smallest absolute Gasteiger partial charge is 0.0914 e. The summed E-state index contributed by atoms with van der Waals surface area (Å²) < 4.78 is 0. The van der Waals surface area contributed by atoms with E-state index >= 15 is 0 Å². The fraction of sp³-hybridized carbons (Fsp3) is 0.500. The van der Waals surface area contributed by atoms with Crippen molar-refractivity contribution in [3.8, 4) is 0 Å². The fourth-order valence-electron chi connectivity index (χ4n) is 1.38. The molecule has 4 N–H and O–H groups in total. The SMILES string of the molecule is CCCCNCC(O)c1ccc(N)cc1. The molecule has 0 aliphatic heterocycles. The molecule has 1 atom stereocenters. The summed E-state index contributed by atoms with van der Waals surface area (Å²) in [5.41, 5.74) is 7.21. The number of hydrogen-bond acceptors (Lipinski definition) is 3. The van der Waals surface area contributed by atoms with Crippen molar-refractivity contribution < 1.29 is 5.11 Å². The number of nitrogen functional groups attached to an aromatic ring is 1. The zero-order valence-electron chi connectivity index (χ0n) is 9.24. The number of benzene rings is 1. The summed E-state index contributed by atoms with van der Waals surface area (Å²) in [7, 11) is 0. The van der Waals surface area contributed by atoms with E-state index in [1.54, 1.807) is 0 Å². The van der Waals surface area contributed by atoms with Gasteiger partial charge in [-0.2, -0.15) is 0 Å². The van der Waals surface area contributed by atoms with Crippen molar-refractivity contribution in [1.82, 2.24) is 5.32 Å². The molecule has 0 saturated carbocycles. The highest BCUT2D eigenvalue weighted by atomic mass is 16.3. The van der Waals surface area contributed by atoms with E-state index in [0.717, 1.165) is 24.2 Å². The summed E-state index contributed by atoms with van der Waals surface area (Å²) in [5.74, 6) is 0. The predicted octanol–water partition coefficient (Wildman–Crippen LogP) is 1.69. The van der Waals surface area contributed by atoms with Gasteiger partial charge in [0.2, 0.25) is 0 Å². The first-order chi connectivity index (χ1) is 7.24. The van der Waals surface area contributed by atoms with Gasteiger partial charge in [-0.1, -0.05) is 25.5 Å². The van der Waals surface area contributed by atoms with Gasteiger partial charge in [0, 0.05) is 12.2 Å². The molecule has 3 nitrogen and oxygen atoms in total. The lowest BCUT2D eigenvalue weighted by Gasteiger charge is -2.12. The van der Waals surface area contributed by atoms with Gasteiger partial charge in [-0.05, 0) is 30.7 Å². The normalized spacial score (nSPS) is 12.7. The van der Waals surface area contributed by atoms with E-state index in [1.165, 1.54) is 6.42 Å². The van der Waals surface area contributed by atoms with Crippen LogP contribution in [-0.2, 0) is 0 Å². The third kappa shape index (κ3) is 4.32. The molecular weight excluding hydrogens is 188 g/mol. The maximum atomic E-state index is 9.81. The van der Waals surface area contributed by atoms with Gasteiger partial charge in [-0.25, -0.2) is 0 Å². The Morgan fingerprint density at radius 1 is 1.33 bits per heavy atom. The minimum absolute atomic E-state index is 0.442. The summed E-state index contributed by atoms with van der Waals surface area (Å²) in [5, 5.41) is 13.0. The predicted molar refractivity (Wildman–Crippen MR) is 63.6 cm³/mol. The average Bonchev–Trinajstić information content (AvgIpc) is 2.25. The molecular formula is C12H20N2O. The van der Waals surface area contributed by atoms with E-state index in [4.69, 9.17) is 5.73 Å². The molecule has 1 unspecified atom stereocenters. The molecule has 3 heteroatoms. The number of hydrogen-bond donors (Lipinski definition) is 3. The average molecular weight is 208 g/mol. The second kappa shape index (κ2) is 6.43. The minimum atomic E-state index is -0.442. The monoisotopic (exact) mass is 208 g/mol. The maximum absolute atomic E-state index is 9.81. The Morgan fingerprint density at radius 2 is 2.00 bits per heavy atom.